The zero-order valence-corrected chi connectivity index (χ0v) is 26.8. The largest absolute Gasteiger partial charge is 0.394 e. The molecule has 10 heteroatoms. The van der Waals surface area contributed by atoms with Crippen LogP contribution in [0.4, 0.5) is 0 Å². The molecule has 0 spiro atoms. The van der Waals surface area contributed by atoms with Crippen LogP contribution < -0.4 is 0 Å². The highest BCUT2D eigenvalue weighted by atomic mass is 16.6. The first-order valence-corrected chi connectivity index (χ1v) is 16.7. The summed E-state index contributed by atoms with van der Waals surface area (Å²) in [6, 6.07) is 0. The maximum Gasteiger partial charge on any atom is 0.0708 e. The monoisotopic (exact) mass is 608 g/mol. The fourth-order valence-electron chi connectivity index (χ4n) is 4.91. The molecule has 1 aliphatic carbocycles. The van der Waals surface area contributed by atoms with Crippen molar-refractivity contribution in [1.29, 1.82) is 0 Å². The summed E-state index contributed by atoms with van der Waals surface area (Å²) in [6.45, 7) is 11.4. The van der Waals surface area contributed by atoms with Crippen LogP contribution in [0.5, 0.6) is 0 Å². The molecule has 0 aromatic heterocycles. The van der Waals surface area contributed by atoms with E-state index in [1.807, 2.05) is 0 Å². The molecule has 0 atom stereocenters. The first-order valence-electron chi connectivity index (χ1n) is 16.7. The number of aliphatic hydroxyl groups excluding tert-OH is 1. The van der Waals surface area contributed by atoms with E-state index in [1.165, 1.54) is 77.0 Å². The van der Waals surface area contributed by atoms with Gasteiger partial charge in [-0.1, -0.05) is 64.7 Å². The summed E-state index contributed by atoms with van der Waals surface area (Å²) in [5.74, 6) is 0. The summed E-state index contributed by atoms with van der Waals surface area (Å²) in [4.78, 5) is 0. The normalized spacial score (nSPS) is 15.0. The average molecular weight is 609 g/mol. The van der Waals surface area contributed by atoms with Crippen LogP contribution in [0.1, 0.15) is 84.0 Å². The summed E-state index contributed by atoms with van der Waals surface area (Å²) in [6.07, 6.45) is 15.6. The van der Waals surface area contributed by atoms with Gasteiger partial charge in [-0.15, -0.1) is 0 Å². The zero-order valence-electron chi connectivity index (χ0n) is 26.8. The Bertz CT molecular complexity index is 520. The standard InChI is InChI=1S/C32H64O10/c1-2-3-4-5-6-8-11-32(12-9-7-10-13-32)42-31-30-41-29-28-40-27-26-39-25-24-38-23-22-37-21-20-36-19-18-35-17-16-34-15-14-33/h33H,2-31H2,1H3. The van der Waals surface area contributed by atoms with Gasteiger partial charge in [0.05, 0.1) is 125 Å². The molecule has 252 valence electrons. The summed E-state index contributed by atoms with van der Waals surface area (Å²) in [7, 11) is 0. The van der Waals surface area contributed by atoms with Gasteiger partial charge in [-0.2, -0.15) is 0 Å². The van der Waals surface area contributed by atoms with Gasteiger partial charge in [0, 0.05) is 0 Å². The molecule has 0 amide bonds. The Hall–Kier alpha value is -0.400. The molecule has 0 bridgehead atoms. The maximum atomic E-state index is 8.59. The SMILES string of the molecule is CCCCCCCCC1(OCCOCCOCCOCCOCCOCCOCCOCCOCCO)CCCCC1. The second-order valence-electron chi connectivity index (χ2n) is 10.7. The minimum Gasteiger partial charge on any atom is -0.394 e. The average Bonchev–Trinajstić information content (AvgIpc) is 3.01. The van der Waals surface area contributed by atoms with E-state index >= 15 is 0 Å². The maximum absolute atomic E-state index is 8.59. The van der Waals surface area contributed by atoms with Crippen LogP contribution in [0.2, 0.25) is 0 Å². The molecule has 0 radical (unpaired) electrons. The number of hydrogen-bond acceptors (Lipinski definition) is 10. The molecule has 1 fully saturated rings. The Labute approximate surface area is 256 Å². The van der Waals surface area contributed by atoms with Gasteiger partial charge >= 0.3 is 0 Å². The quantitative estimate of drug-likeness (QED) is 0.104. The lowest BCUT2D eigenvalue weighted by molar-refractivity contribution is -0.0966. The van der Waals surface area contributed by atoms with E-state index in [4.69, 9.17) is 47.7 Å². The van der Waals surface area contributed by atoms with Crippen molar-refractivity contribution in [2.45, 2.75) is 89.6 Å². The molecule has 0 saturated heterocycles. The molecular weight excluding hydrogens is 544 g/mol. The van der Waals surface area contributed by atoms with E-state index in [0.29, 0.717) is 112 Å². The number of rotatable bonds is 34. The molecular formula is C32H64O10. The number of aliphatic hydroxyl groups is 1. The topological polar surface area (TPSA) is 103 Å². The summed E-state index contributed by atoms with van der Waals surface area (Å²) in [5, 5.41) is 8.59. The third-order valence-corrected chi connectivity index (χ3v) is 7.23. The summed E-state index contributed by atoms with van der Waals surface area (Å²) < 4.78 is 50.1. The Balaban J connectivity index is 1.78. The van der Waals surface area contributed by atoms with Crippen LogP contribution in [-0.2, 0) is 42.6 Å². The zero-order chi connectivity index (χ0) is 30.1. The van der Waals surface area contributed by atoms with Crippen molar-refractivity contribution in [1.82, 2.24) is 0 Å². The third-order valence-electron chi connectivity index (χ3n) is 7.23. The molecule has 0 aromatic carbocycles. The minimum atomic E-state index is 0.0328. The number of ether oxygens (including phenoxy) is 9. The molecule has 0 heterocycles. The molecule has 1 aliphatic rings. The fourth-order valence-corrected chi connectivity index (χ4v) is 4.91. The van der Waals surface area contributed by atoms with Gasteiger partial charge in [0.25, 0.3) is 0 Å². The van der Waals surface area contributed by atoms with E-state index in [-0.39, 0.29) is 12.2 Å². The highest BCUT2D eigenvalue weighted by Gasteiger charge is 2.32. The second kappa shape index (κ2) is 32.0. The lowest BCUT2D eigenvalue weighted by Crippen LogP contribution is -2.36. The van der Waals surface area contributed by atoms with E-state index < -0.39 is 0 Å². The summed E-state index contributed by atoms with van der Waals surface area (Å²) in [5.41, 5.74) is 0.0980. The van der Waals surface area contributed by atoms with Crippen LogP contribution in [-0.4, -0.2) is 130 Å². The van der Waals surface area contributed by atoms with E-state index in [2.05, 4.69) is 6.92 Å². The van der Waals surface area contributed by atoms with E-state index in [1.54, 1.807) is 0 Å². The molecule has 1 N–H and O–H groups in total. The van der Waals surface area contributed by atoms with Crippen LogP contribution in [0.25, 0.3) is 0 Å². The van der Waals surface area contributed by atoms with Gasteiger partial charge in [-0.3, -0.25) is 0 Å². The minimum absolute atomic E-state index is 0.0328. The smallest absolute Gasteiger partial charge is 0.0708 e. The Morgan fingerprint density at radius 3 is 1.19 bits per heavy atom. The first-order chi connectivity index (χ1) is 20.8. The van der Waals surface area contributed by atoms with Crippen LogP contribution in [0.3, 0.4) is 0 Å². The van der Waals surface area contributed by atoms with Crippen molar-refractivity contribution in [3.63, 3.8) is 0 Å². The highest BCUT2D eigenvalue weighted by molar-refractivity contribution is 4.84. The first kappa shape index (κ1) is 39.6. The van der Waals surface area contributed by atoms with Crippen molar-refractivity contribution in [2.24, 2.45) is 0 Å². The predicted molar refractivity (Wildman–Crippen MR) is 163 cm³/mol. The fraction of sp³-hybridized carbons (Fsp3) is 1.00. The van der Waals surface area contributed by atoms with Crippen molar-refractivity contribution >= 4 is 0 Å². The van der Waals surface area contributed by atoms with Crippen LogP contribution >= 0.6 is 0 Å². The Morgan fingerprint density at radius 2 is 0.786 bits per heavy atom. The third kappa shape index (κ3) is 26.0. The van der Waals surface area contributed by atoms with Crippen molar-refractivity contribution in [3.8, 4) is 0 Å². The highest BCUT2D eigenvalue weighted by Crippen LogP contribution is 2.36. The second-order valence-corrected chi connectivity index (χ2v) is 10.7. The van der Waals surface area contributed by atoms with Gasteiger partial charge in [0.1, 0.15) is 0 Å². The lowest BCUT2D eigenvalue weighted by Gasteiger charge is -2.37. The molecule has 10 nitrogen and oxygen atoms in total. The lowest BCUT2D eigenvalue weighted by atomic mass is 9.81. The molecule has 0 aromatic rings. The Morgan fingerprint density at radius 1 is 0.429 bits per heavy atom. The number of unbranched alkanes of at least 4 members (excludes halogenated alkanes) is 5. The summed E-state index contributed by atoms with van der Waals surface area (Å²) >= 11 is 0. The number of hydrogen-bond donors (Lipinski definition) is 1. The van der Waals surface area contributed by atoms with Gasteiger partial charge < -0.3 is 47.7 Å². The van der Waals surface area contributed by atoms with Crippen LogP contribution in [0.15, 0.2) is 0 Å². The molecule has 42 heavy (non-hydrogen) atoms. The molecule has 0 unspecified atom stereocenters. The van der Waals surface area contributed by atoms with Crippen molar-refractivity contribution < 1.29 is 47.7 Å². The van der Waals surface area contributed by atoms with Gasteiger partial charge in [-0.25, -0.2) is 0 Å². The van der Waals surface area contributed by atoms with Gasteiger partial charge in [-0.05, 0) is 19.3 Å². The van der Waals surface area contributed by atoms with Gasteiger partial charge in [0.15, 0.2) is 0 Å². The molecule has 1 rings (SSSR count). The van der Waals surface area contributed by atoms with Crippen molar-refractivity contribution in [2.75, 3.05) is 119 Å². The Kier molecular flexibility index (Phi) is 30.2. The van der Waals surface area contributed by atoms with Crippen LogP contribution in [0, 0.1) is 0 Å². The van der Waals surface area contributed by atoms with E-state index in [0.717, 1.165) is 0 Å². The van der Waals surface area contributed by atoms with Crippen molar-refractivity contribution in [3.05, 3.63) is 0 Å². The predicted octanol–water partition coefficient (Wildman–Crippen LogP) is 4.58. The molecule has 0 aliphatic heterocycles. The van der Waals surface area contributed by atoms with Gasteiger partial charge in [0.2, 0.25) is 0 Å². The molecule has 1 saturated carbocycles. The van der Waals surface area contributed by atoms with E-state index in [9.17, 15) is 0 Å².